The van der Waals surface area contributed by atoms with Gasteiger partial charge in [-0.2, -0.15) is 13.2 Å². The van der Waals surface area contributed by atoms with E-state index in [2.05, 4.69) is 10.1 Å². The van der Waals surface area contributed by atoms with Crippen molar-refractivity contribution >= 4 is 17.7 Å². The standard InChI is InChI=1S/C13H13F3N2O3/c1-21-11(19)6-10-7-17-12(20)18(10)9-4-2-8(3-5-9)13(14,15)16/h2-5,10H,6-7H2,1H3,(H,17,20)/t10-/m0/s1. The summed E-state index contributed by atoms with van der Waals surface area (Å²) in [5, 5.41) is 2.55. The van der Waals surface area contributed by atoms with Crippen LogP contribution in [-0.4, -0.2) is 31.7 Å². The zero-order chi connectivity index (χ0) is 15.6. The minimum Gasteiger partial charge on any atom is -0.469 e. The van der Waals surface area contributed by atoms with Crippen molar-refractivity contribution in [1.29, 1.82) is 0 Å². The quantitative estimate of drug-likeness (QED) is 0.871. The first-order valence-corrected chi connectivity index (χ1v) is 6.14. The second kappa shape index (κ2) is 5.63. The highest BCUT2D eigenvalue weighted by Crippen LogP contribution is 2.31. The van der Waals surface area contributed by atoms with Crippen molar-refractivity contribution in [3.63, 3.8) is 0 Å². The Labute approximate surface area is 118 Å². The molecule has 0 saturated carbocycles. The molecule has 0 spiro atoms. The molecule has 5 nitrogen and oxygen atoms in total. The number of halogens is 3. The van der Waals surface area contributed by atoms with Crippen molar-refractivity contribution < 1.29 is 27.5 Å². The van der Waals surface area contributed by atoms with Gasteiger partial charge in [-0.25, -0.2) is 4.79 Å². The lowest BCUT2D eigenvalue weighted by Crippen LogP contribution is -2.35. The van der Waals surface area contributed by atoms with E-state index < -0.39 is 29.8 Å². The maximum atomic E-state index is 12.5. The molecule has 1 saturated heterocycles. The summed E-state index contributed by atoms with van der Waals surface area (Å²) in [6.45, 7) is 0.231. The molecule has 1 aliphatic heterocycles. The van der Waals surface area contributed by atoms with Gasteiger partial charge in [0.2, 0.25) is 0 Å². The van der Waals surface area contributed by atoms with Gasteiger partial charge < -0.3 is 10.1 Å². The molecule has 0 radical (unpaired) electrons. The van der Waals surface area contributed by atoms with Gasteiger partial charge in [-0.1, -0.05) is 0 Å². The van der Waals surface area contributed by atoms with E-state index >= 15 is 0 Å². The Morgan fingerprint density at radius 3 is 2.52 bits per heavy atom. The van der Waals surface area contributed by atoms with Crippen LogP contribution in [0.15, 0.2) is 24.3 Å². The molecule has 1 aromatic carbocycles. The molecular formula is C13H13F3N2O3. The van der Waals surface area contributed by atoms with Crippen molar-refractivity contribution in [2.45, 2.75) is 18.6 Å². The number of methoxy groups -OCH3 is 1. The predicted molar refractivity (Wildman–Crippen MR) is 67.7 cm³/mol. The molecule has 21 heavy (non-hydrogen) atoms. The summed E-state index contributed by atoms with van der Waals surface area (Å²) in [6.07, 6.45) is -4.46. The molecule has 1 N–H and O–H groups in total. The fourth-order valence-electron chi connectivity index (χ4n) is 2.13. The maximum absolute atomic E-state index is 12.5. The average Bonchev–Trinajstić information content (AvgIpc) is 2.78. The highest BCUT2D eigenvalue weighted by Gasteiger charge is 2.35. The molecule has 1 aliphatic rings. The van der Waals surface area contributed by atoms with Crippen molar-refractivity contribution in [3.05, 3.63) is 29.8 Å². The minimum atomic E-state index is -4.43. The van der Waals surface area contributed by atoms with E-state index in [1.54, 1.807) is 0 Å². The third-order valence-electron chi connectivity index (χ3n) is 3.18. The summed E-state index contributed by atoms with van der Waals surface area (Å²) in [4.78, 5) is 24.3. The molecule has 2 rings (SSSR count). The molecule has 0 aliphatic carbocycles. The van der Waals surface area contributed by atoms with Gasteiger partial charge in [0.25, 0.3) is 0 Å². The number of amides is 2. The first-order valence-electron chi connectivity index (χ1n) is 6.14. The lowest BCUT2D eigenvalue weighted by atomic mass is 10.1. The molecular weight excluding hydrogens is 289 g/mol. The van der Waals surface area contributed by atoms with Crippen LogP contribution in [0.25, 0.3) is 0 Å². The molecule has 0 aromatic heterocycles. The Balaban J connectivity index is 2.21. The first kappa shape index (κ1) is 15.1. The van der Waals surface area contributed by atoms with E-state index in [-0.39, 0.29) is 13.0 Å². The number of anilines is 1. The number of hydrogen-bond donors (Lipinski definition) is 1. The van der Waals surface area contributed by atoms with Gasteiger partial charge in [-0.3, -0.25) is 9.69 Å². The van der Waals surface area contributed by atoms with Crippen LogP contribution in [0.2, 0.25) is 0 Å². The first-order chi connectivity index (χ1) is 9.82. The van der Waals surface area contributed by atoms with Gasteiger partial charge in [0.05, 0.1) is 25.1 Å². The van der Waals surface area contributed by atoms with Crippen LogP contribution in [0.4, 0.5) is 23.7 Å². The number of nitrogens with one attached hydrogen (secondary N) is 1. The van der Waals surface area contributed by atoms with E-state index in [0.29, 0.717) is 5.69 Å². The zero-order valence-electron chi connectivity index (χ0n) is 11.1. The number of nitrogens with zero attached hydrogens (tertiary/aromatic N) is 1. The SMILES string of the molecule is COC(=O)C[C@H]1CNC(=O)N1c1ccc(C(F)(F)F)cc1. The van der Waals surface area contributed by atoms with Crippen LogP contribution in [0.1, 0.15) is 12.0 Å². The van der Waals surface area contributed by atoms with Crippen LogP contribution >= 0.6 is 0 Å². The number of carbonyl (C=O) groups excluding carboxylic acids is 2. The van der Waals surface area contributed by atoms with Crippen LogP contribution in [0, 0.1) is 0 Å². The molecule has 8 heteroatoms. The largest absolute Gasteiger partial charge is 0.469 e. The summed E-state index contributed by atoms with van der Waals surface area (Å²) < 4.78 is 42.1. The van der Waals surface area contributed by atoms with Crippen LogP contribution in [0.5, 0.6) is 0 Å². The molecule has 1 heterocycles. The fourth-order valence-corrected chi connectivity index (χ4v) is 2.13. The van der Waals surface area contributed by atoms with Crippen LogP contribution in [-0.2, 0) is 15.7 Å². The third-order valence-corrected chi connectivity index (χ3v) is 3.18. The Morgan fingerprint density at radius 2 is 2.00 bits per heavy atom. The number of urea groups is 1. The topological polar surface area (TPSA) is 58.6 Å². The second-order valence-corrected chi connectivity index (χ2v) is 4.53. The maximum Gasteiger partial charge on any atom is 0.416 e. The number of esters is 1. The Kier molecular flexibility index (Phi) is 4.06. The second-order valence-electron chi connectivity index (χ2n) is 4.53. The van der Waals surface area contributed by atoms with Gasteiger partial charge in [0, 0.05) is 12.2 Å². The fraction of sp³-hybridized carbons (Fsp3) is 0.385. The summed E-state index contributed by atoms with van der Waals surface area (Å²) >= 11 is 0. The zero-order valence-corrected chi connectivity index (χ0v) is 11.1. The normalized spacial score (nSPS) is 18.6. The third kappa shape index (κ3) is 3.26. The number of rotatable bonds is 3. The predicted octanol–water partition coefficient (Wildman–Crippen LogP) is 2.17. The number of carbonyl (C=O) groups is 2. The molecule has 1 atom stereocenters. The molecule has 1 aromatic rings. The van der Waals surface area contributed by atoms with Gasteiger partial charge >= 0.3 is 18.2 Å². The summed E-state index contributed by atoms with van der Waals surface area (Å²) in [5.74, 6) is -0.492. The molecule has 1 fully saturated rings. The Bertz CT molecular complexity index is 543. The number of ether oxygens (including phenoxy) is 1. The van der Waals surface area contributed by atoms with Crippen LogP contribution < -0.4 is 10.2 Å². The summed E-state index contributed by atoms with van der Waals surface area (Å²) in [7, 11) is 1.23. The highest BCUT2D eigenvalue weighted by atomic mass is 19.4. The van der Waals surface area contributed by atoms with E-state index in [4.69, 9.17) is 0 Å². The smallest absolute Gasteiger partial charge is 0.416 e. The van der Waals surface area contributed by atoms with Crippen molar-refractivity contribution in [1.82, 2.24) is 5.32 Å². The van der Waals surface area contributed by atoms with Crippen LogP contribution in [0.3, 0.4) is 0 Å². The average molecular weight is 302 g/mol. The van der Waals surface area contributed by atoms with E-state index in [0.717, 1.165) is 12.1 Å². The summed E-state index contributed by atoms with van der Waals surface area (Å²) in [5.41, 5.74) is -0.498. The van der Waals surface area contributed by atoms with Gasteiger partial charge in [-0.15, -0.1) is 0 Å². The van der Waals surface area contributed by atoms with Crippen molar-refractivity contribution in [2.75, 3.05) is 18.6 Å². The van der Waals surface area contributed by atoms with Gasteiger partial charge in [-0.05, 0) is 24.3 Å². The highest BCUT2D eigenvalue weighted by molar-refractivity contribution is 5.95. The monoisotopic (exact) mass is 302 g/mol. The van der Waals surface area contributed by atoms with Gasteiger partial charge in [0.1, 0.15) is 0 Å². The van der Waals surface area contributed by atoms with Crippen molar-refractivity contribution in [2.24, 2.45) is 0 Å². The van der Waals surface area contributed by atoms with E-state index in [9.17, 15) is 22.8 Å². The lowest BCUT2D eigenvalue weighted by Gasteiger charge is -2.22. The number of benzene rings is 1. The number of hydrogen-bond acceptors (Lipinski definition) is 3. The van der Waals surface area contributed by atoms with Gasteiger partial charge in [0.15, 0.2) is 0 Å². The minimum absolute atomic E-state index is 0.0315. The summed E-state index contributed by atoms with van der Waals surface area (Å²) in [6, 6.07) is 3.27. The lowest BCUT2D eigenvalue weighted by molar-refractivity contribution is -0.141. The molecule has 114 valence electrons. The molecule has 0 bridgehead atoms. The van der Waals surface area contributed by atoms with E-state index in [1.807, 2.05) is 0 Å². The Hall–Kier alpha value is -2.25. The molecule has 2 amide bonds. The Morgan fingerprint density at radius 1 is 1.38 bits per heavy atom. The number of alkyl halides is 3. The molecule has 0 unspecified atom stereocenters. The van der Waals surface area contributed by atoms with Crippen molar-refractivity contribution in [3.8, 4) is 0 Å². The van der Waals surface area contributed by atoms with E-state index in [1.165, 1.54) is 24.1 Å².